The molecule has 3 rings (SSSR count). The highest BCUT2D eigenvalue weighted by atomic mass is 14.7. The van der Waals surface area contributed by atoms with Crippen LogP contribution in [-0.4, -0.2) is 25.5 Å². The van der Waals surface area contributed by atoms with Crippen LogP contribution in [0.1, 0.15) is 44.9 Å². The van der Waals surface area contributed by atoms with E-state index in [9.17, 15) is 0 Å². The van der Waals surface area contributed by atoms with Crippen molar-refractivity contribution in [2.75, 3.05) is 13.1 Å². The van der Waals surface area contributed by atoms with Crippen molar-refractivity contribution < 1.29 is 0 Å². The van der Waals surface area contributed by atoms with Crippen LogP contribution in [0.15, 0.2) is 80.9 Å². The first-order valence-electron chi connectivity index (χ1n) is 9.50. The number of nitrogens with zero attached hydrogens (tertiary/aromatic N) is 2. The largest absolute Gasteiger partial charge is 0.293 e. The highest BCUT2D eigenvalue weighted by Gasteiger charge is 2.04. The summed E-state index contributed by atoms with van der Waals surface area (Å²) in [6, 6.07) is 0. The van der Waals surface area contributed by atoms with Crippen LogP contribution in [0, 0.1) is 0 Å². The first kappa shape index (κ1) is 17.6. The van der Waals surface area contributed by atoms with Crippen LogP contribution in [0.25, 0.3) is 0 Å². The summed E-state index contributed by atoms with van der Waals surface area (Å²) >= 11 is 0. The number of rotatable bonds is 8. The van der Waals surface area contributed by atoms with E-state index in [-0.39, 0.29) is 0 Å². The average Bonchev–Trinajstić information content (AvgIpc) is 3.12. The lowest BCUT2D eigenvalue weighted by atomic mass is 10.0. The van der Waals surface area contributed by atoms with E-state index in [4.69, 9.17) is 0 Å². The maximum atomic E-state index is 4.59. The van der Waals surface area contributed by atoms with Crippen LogP contribution in [0.5, 0.6) is 0 Å². The maximum Gasteiger partial charge on any atom is 0.0429 e. The molecule has 0 fully saturated rings. The van der Waals surface area contributed by atoms with Crippen molar-refractivity contribution >= 4 is 12.4 Å². The van der Waals surface area contributed by atoms with Gasteiger partial charge in [-0.05, 0) is 49.7 Å². The Balaban J connectivity index is 1.32. The Kier molecular flexibility index (Phi) is 6.99. The normalized spacial score (nSPS) is 20.2. The summed E-state index contributed by atoms with van der Waals surface area (Å²) in [7, 11) is 0. The molecule has 0 aromatic rings. The highest BCUT2D eigenvalue weighted by molar-refractivity contribution is 5.88. The Morgan fingerprint density at radius 2 is 1.64 bits per heavy atom. The fraction of sp³-hybridized carbons (Fsp3) is 0.391. The van der Waals surface area contributed by atoms with Crippen LogP contribution in [0.3, 0.4) is 0 Å². The molecular weight excluding hydrogens is 304 g/mol. The molecule has 0 bridgehead atoms. The van der Waals surface area contributed by atoms with Gasteiger partial charge in [-0.2, -0.15) is 0 Å². The van der Waals surface area contributed by atoms with E-state index in [0.717, 1.165) is 32.4 Å². The zero-order chi connectivity index (χ0) is 17.2. The molecule has 0 atom stereocenters. The van der Waals surface area contributed by atoms with Gasteiger partial charge in [0.05, 0.1) is 0 Å². The lowest BCUT2D eigenvalue weighted by Gasteiger charge is -2.06. The Hall–Kier alpha value is -2.22. The van der Waals surface area contributed by atoms with Crippen LogP contribution < -0.4 is 0 Å². The Labute approximate surface area is 151 Å². The molecule has 3 aliphatic rings. The minimum Gasteiger partial charge on any atom is -0.293 e. The standard InChI is InChI=1S/C23H28N2/c1-3-7-20(8-4-1)13-15-24-18-22-11-12-23(17-22)19-25-16-14-21-9-5-2-6-10-21/h1,3,5,7,9-12,18-19H,2,4,6,8,13-17H2. The van der Waals surface area contributed by atoms with Crippen molar-refractivity contribution in [2.45, 2.75) is 44.9 Å². The first-order chi connectivity index (χ1) is 12.4. The van der Waals surface area contributed by atoms with Gasteiger partial charge in [0.25, 0.3) is 0 Å². The van der Waals surface area contributed by atoms with Gasteiger partial charge in [-0.15, -0.1) is 0 Å². The summed E-state index contributed by atoms with van der Waals surface area (Å²) in [6.07, 6.45) is 29.7. The quantitative estimate of drug-likeness (QED) is 0.508. The Morgan fingerprint density at radius 3 is 2.32 bits per heavy atom. The van der Waals surface area contributed by atoms with E-state index >= 15 is 0 Å². The molecule has 0 N–H and O–H groups in total. The molecule has 0 aromatic heterocycles. The first-order valence-corrected chi connectivity index (χ1v) is 9.50. The molecule has 0 radical (unpaired) electrons. The van der Waals surface area contributed by atoms with E-state index in [0.29, 0.717) is 0 Å². The number of hydrogen-bond donors (Lipinski definition) is 0. The van der Waals surface area contributed by atoms with Gasteiger partial charge in [0.15, 0.2) is 0 Å². The van der Waals surface area contributed by atoms with Crippen LogP contribution in [0.2, 0.25) is 0 Å². The fourth-order valence-electron chi connectivity index (χ4n) is 3.22. The van der Waals surface area contributed by atoms with Gasteiger partial charge in [-0.1, -0.05) is 59.8 Å². The monoisotopic (exact) mass is 332 g/mol. The van der Waals surface area contributed by atoms with Crippen molar-refractivity contribution in [1.29, 1.82) is 0 Å². The minimum atomic E-state index is 0.875. The Bertz CT molecular complexity index is 694. The third-order valence-electron chi connectivity index (χ3n) is 4.70. The van der Waals surface area contributed by atoms with Gasteiger partial charge < -0.3 is 0 Å². The number of hydrogen-bond acceptors (Lipinski definition) is 2. The van der Waals surface area contributed by atoms with E-state index in [1.54, 1.807) is 0 Å². The molecule has 0 spiro atoms. The van der Waals surface area contributed by atoms with Crippen molar-refractivity contribution in [3.8, 4) is 0 Å². The van der Waals surface area contributed by atoms with Crippen LogP contribution in [0.4, 0.5) is 0 Å². The predicted octanol–water partition coefficient (Wildman–Crippen LogP) is 5.72. The predicted molar refractivity (Wildman–Crippen MR) is 110 cm³/mol. The van der Waals surface area contributed by atoms with E-state index in [1.807, 2.05) is 12.4 Å². The molecule has 0 amide bonds. The average molecular weight is 332 g/mol. The summed E-state index contributed by atoms with van der Waals surface area (Å²) in [4.78, 5) is 9.17. The topological polar surface area (TPSA) is 24.7 Å². The molecule has 25 heavy (non-hydrogen) atoms. The van der Waals surface area contributed by atoms with Crippen molar-refractivity contribution in [3.63, 3.8) is 0 Å². The van der Waals surface area contributed by atoms with Crippen LogP contribution in [-0.2, 0) is 0 Å². The van der Waals surface area contributed by atoms with E-state index in [2.05, 4.69) is 58.6 Å². The molecule has 0 unspecified atom stereocenters. The van der Waals surface area contributed by atoms with Gasteiger partial charge in [-0.3, -0.25) is 9.98 Å². The summed E-state index contributed by atoms with van der Waals surface area (Å²) < 4.78 is 0. The molecule has 0 heterocycles. The lowest BCUT2D eigenvalue weighted by Crippen LogP contribution is -1.93. The molecule has 2 heteroatoms. The molecule has 130 valence electrons. The van der Waals surface area contributed by atoms with Gasteiger partial charge in [0, 0.05) is 31.9 Å². The Morgan fingerprint density at radius 1 is 0.840 bits per heavy atom. The molecule has 0 saturated heterocycles. The SMILES string of the molecule is C1=CCCC(CCN=CC2=CC=C(C=NCCC3=CCCC=C3)C2)=C1. The third-order valence-corrected chi connectivity index (χ3v) is 4.70. The van der Waals surface area contributed by atoms with Crippen molar-refractivity contribution in [2.24, 2.45) is 9.98 Å². The number of allylic oxidation sites excluding steroid dienone is 10. The van der Waals surface area contributed by atoms with E-state index < -0.39 is 0 Å². The molecular formula is C23H28N2. The van der Waals surface area contributed by atoms with Gasteiger partial charge in [-0.25, -0.2) is 0 Å². The second-order valence-corrected chi connectivity index (χ2v) is 6.78. The summed E-state index contributed by atoms with van der Waals surface area (Å²) in [5, 5.41) is 0. The van der Waals surface area contributed by atoms with Crippen LogP contribution >= 0.6 is 0 Å². The third kappa shape index (κ3) is 6.30. The minimum absolute atomic E-state index is 0.875. The summed E-state index contributed by atoms with van der Waals surface area (Å²) in [5.41, 5.74) is 5.53. The maximum absolute atomic E-state index is 4.59. The number of aliphatic imine (C=N–C) groups is 2. The molecule has 0 saturated carbocycles. The molecule has 0 aromatic carbocycles. The molecule has 3 aliphatic carbocycles. The lowest BCUT2D eigenvalue weighted by molar-refractivity contribution is 0.849. The molecule has 2 nitrogen and oxygen atoms in total. The summed E-state index contributed by atoms with van der Waals surface area (Å²) in [6.45, 7) is 1.77. The van der Waals surface area contributed by atoms with Gasteiger partial charge >= 0.3 is 0 Å². The summed E-state index contributed by atoms with van der Waals surface area (Å²) in [5.74, 6) is 0. The second kappa shape index (κ2) is 9.93. The van der Waals surface area contributed by atoms with E-state index in [1.165, 1.54) is 48.0 Å². The zero-order valence-electron chi connectivity index (χ0n) is 15.0. The zero-order valence-corrected chi connectivity index (χ0v) is 15.0. The van der Waals surface area contributed by atoms with Crippen molar-refractivity contribution in [1.82, 2.24) is 0 Å². The molecule has 0 aliphatic heterocycles. The fourth-order valence-corrected chi connectivity index (χ4v) is 3.22. The highest BCUT2D eigenvalue weighted by Crippen LogP contribution is 2.18. The van der Waals surface area contributed by atoms with Crippen molar-refractivity contribution in [3.05, 3.63) is 70.9 Å². The van der Waals surface area contributed by atoms with Gasteiger partial charge in [0.1, 0.15) is 0 Å². The second-order valence-electron chi connectivity index (χ2n) is 6.78. The smallest absolute Gasteiger partial charge is 0.0429 e. The van der Waals surface area contributed by atoms with Gasteiger partial charge in [0.2, 0.25) is 0 Å².